The Morgan fingerprint density at radius 2 is 1.93 bits per heavy atom. The summed E-state index contributed by atoms with van der Waals surface area (Å²) in [5.74, 6) is 0.295. The van der Waals surface area contributed by atoms with Crippen LogP contribution in [0.2, 0.25) is 5.02 Å². The molecule has 0 spiro atoms. The summed E-state index contributed by atoms with van der Waals surface area (Å²) in [4.78, 5) is 46.6. The van der Waals surface area contributed by atoms with Crippen LogP contribution in [0.5, 0.6) is 5.88 Å². The molecule has 0 saturated heterocycles. The first-order chi connectivity index (χ1) is 19.4. The lowest BCUT2D eigenvalue weighted by Gasteiger charge is -2.28. The summed E-state index contributed by atoms with van der Waals surface area (Å²) in [6.07, 6.45) is 1.95. The molecule has 1 atom stereocenters. The van der Waals surface area contributed by atoms with Gasteiger partial charge in [-0.25, -0.2) is 14.8 Å². The summed E-state index contributed by atoms with van der Waals surface area (Å²) in [5, 5.41) is 10.4. The third-order valence-corrected chi connectivity index (χ3v) is 6.49. The topological polar surface area (TPSA) is 123 Å². The second-order valence-corrected chi connectivity index (χ2v) is 10.9. The lowest BCUT2D eigenvalue weighted by Crippen LogP contribution is -2.40. The van der Waals surface area contributed by atoms with E-state index in [1.165, 1.54) is 22.6 Å². The number of ether oxygens (including phenoxy) is 2. The quantitative estimate of drug-likeness (QED) is 0.289. The van der Waals surface area contributed by atoms with Crippen molar-refractivity contribution >= 4 is 29.6 Å². The first-order valence-electron chi connectivity index (χ1n) is 12.9. The number of hydrogen-bond acceptors (Lipinski definition) is 8. The minimum absolute atomic E-state index is 0.0289. The van der Waals surface area contributed by atoms with Gasteiger partial charge in [-0.1, -0.05) is 29.8 Å². The molecule has 0 radical (unpaired) electrons. The number of aldehydes is 1. The van der Waals surface area contributed by atoms with Crippen molar-refractivity contribution < 1.29 is 24.2 Å². The van der Waals surface area contributed by atoms with E-state index in [-0.39, 0.29) is 18.7 Å². The van der Waals surface area contributed by atoms with Crippen LogP contribution in [0.15, 0.2) is 59.7 Å². The van der Waals surface area contributed by atoms with Crippen molar-refractivity contribution in [3.8, 4) is 28.3 Å². The number of benzene rings is 1. The van der Waals surface area contributed by atoms with Crippen molar-refractivity contribution in [1.82, 2.24) is 19.3 Å². The van der Waals surface area contributed by atoms with E-state index in [0.29, 0.717) is 45.2 Å². The van der Waals surface area contributed by atoms with Crippen molar-refractivity contribution in [3.05, 3.63) is 81.4 Å². The van der Waals surface area contributed by atoms with Crippen LogP contribution < -0.4 is 10.3 Å². The van der Waals surface area contributed by atoms with Gasteiger partial charge in [-0.2, -0.15) is 0 Å². The summed E-state index contributed by atoms with van der Waals surface area (Å²) in [7, 11) is 1.49. The Bertz CT molecular complexity index is 1660. The zero-order chi connectivity index (χ0) is 29.9. The third-order valence-electron chi connectivity index (χ3n) is 6.08. The average Bonchev–Trinajstić information content (AvgIpc) is 2.92. The molecule has 4 aromatic rings. The number of pyridine rings is 2. The minimum Gasteiger partial charge on any atom is -0.481 e. The average molecular weight is 579 g/mol. The molecule has 1 amide bonds. The van der Waals surface area contributed by atoms with Crippen LogP contribution >= 0.6 is 11.6 Å². The highest BCUT2D eigenvalue weighted by molar-refractivity contribution is 6.36. The molecule has 3 heterocycles. The first-order valence-corrected chi connectivity index (χ1v) is 13.3. The molecular formula is C30H31ClN4O6. The second-order valence-electron chi connectivity index (χ2n) is 10.5. The number of hydrogen-bond donors (Lipinski definition) is 1. The molecule has 214 valence electrons. The van der Waals surface area contributed by atoms with Crippen LogP contribution in [0.25, 0.3) is 28.0 Å². The Labute approximate surface area is 242 Å². The lowest BCUT2D eigenvalue weighted by atomic mass is 10.0. The highest BCUT2D eigenvalue weighted by Crippen LogP contribution is 2.37. The molecule has 3 aromatic heterocycles. The number of fused-ring (bicyclic) bond motifs is 1. The van der Waals surface area contributed by atoms with E-state index >= 15 is 0 Å². The zero-order valence-electron chi connectivity index (χ0n) is 23.4. The van der Waals surface area contributed by atoms with E-state index in [4.69, 9.17) is 21.1 Å². The molecule has 0 aliphatic rings. The zero-order valence-corrected chi connectivity index (χ0v) is 24.2. The van der Waals surface area contributed by atoms with Crippen molar-refractivity contribution in [2.24, 2.45) is 0 Å². The molecular weight excluding hydrogens is 548 g/mol. The molecule has 41 heavy (non-hydrogen) atoms. The normalized spacial score (nSPS) is 12.2. The Balaban J connectivity index is 1.68. The fourth-order valence-electron chi connectivity index (χ4n) is 4.26. The molecule has 10 nitrogen and oxygen atoms in total. The van der Waals surface area contributed by atoms with Gasteiger partial charge in [0.2, 0.25) is 5.88 Å². The number of aliphatic hydroxyl groups excluding tert-OH is 1. The third kappa shape index (κ3) is 6.72. The summed E-state index contributed by atoms with van der Waals surface area (Å²) >= 11 is 6.87. The fourth-order valence-corrected chi connectivity index (χ4v) is 4.59. The predicted octanol–water partition coefficient (Wildman–Crippen LogP) is 5.02. The van der Waals surface area contributed by atoms with E-state index in [9.17, 15) is 19.5 Å². The van der Waals surface area contributed by atoms with Crippen molar-refractivity contribution in [2.45, 2.75) is 45.9 Å². The molecule has 11 heteroatoms. The molecule has 0 saturated carbocycles. The Morgan fingerprint density at radius 3 is 2.59 bits per heavy atom. The van der Waals surface area contributed by atoms with E-state index in [1.54, 1.807) is 58.2 Å². The van der Waals surface area contributed by atoms with Crippen LogP contribution in [0.4, 0.5) is 4.79 Å². The van der Waals surface area contributed by atoms with Gasteiger partial charge in [0.05, 0.1) is 42.6 Å². The standard InChI is InChI=1S/C30H31ClN4O6/c1-18(37)15-34(29(39)41-30(2,3)4)16-20-9-10-24(33-27(20)40-5)23-8-6-7-22(26(23)31)19-11-12-35-25(13-19)32-14-21(17-36)28(35)38/h6-14,17-18,37H,15-16H2,1-5H3/t18-/m1/s1. The molecule has 4 rings (SSSR count). The molecule has 0 unspecified atom stereocenters. The smallest absolute Gasteiger partial charge is 0.410 e. The van der Waals surface area contributed by atoms with Crippen LogP contribution in [0, 0.1) is 0 Å². The number of methoxy groups -OCH3 is 1. The maximum Gasteiger partial charge on any atom is 0.410 e. The number of carbonyl (C=O) groups excluding carboxylic acids is 2. The SMILES string of the molecule is COc1nc(-c2cccc(-c3ccn4c(=O)c(C=O)cnc4c3)c2Cl)ccc1CN(C[C@@H](C)O)C(=O)OC(C)(C)C. The molecule has 0 aliphatic carbocycles. The summed E-state index contributed by atoms with van der Waals surface area (Å²) in [6, 6.07) is 12.5. The number of aliphatic hydroxyl groups is 1. The summed E-state index contributed by atoms with van der Waals surface area (Å²) in [5.41, 5.74) is 2.41. The van der Waals surface area contributed by atoms with Gasteiger partial charge in [0.25, 0.3) is 5.56 Å². The predicted molar refractivity (Wildman–Crippen MR) is 155 cm³/mol. The highest BCUT2D eigenvalue weighted by Gasteiger charge is 2.25. The summed E-state index contributed by atoms with van der Waals surface area (Å²) in [6.45, 7) is 7.10. The number of amides is 1. The van der Waals surface area contributed by atoms with Crippen LogP contribution in [-0.4, -0.2) is 62.1 Å². The monoisotopic (exact) mass is 578 g/mol. The fraction of sp³-hybridized carbons (Fsp3) is 0.300. The van der Waals surface area contributed by atoms with Crippen molar-refractivity contribution in [1.29, 1.82) is 0 Å². The molecule has 1 aromatic carbocycles. The van der Waals surface area contributed by atoms with Gasteiger partial charge < -0.3 is 19.5 Å². The van der Waals surface area contributed by atoms with Crippen molar-refractivity contribution in [2.75, 3.05) is 13.7 Å². The highest BCUT2D eigenvalue weighted by atomic mass is 35.5. The summed E-state index contributed by atoms with van der Waals surface area (Å²) < 4.78 is 12.4. The Hall–Kier alpha value is -4.28. The van der Waals surface area contributed by atoms with Gasteiger partial charge in [0.15, 0.2) is 6.29 Å². The van der Waals surface area contributed by atoms with Gasteiger partial charge in [-0.05, 0) is 57.5 Å². The second kappa shape index (κ2) is 12.1. The minimum atomic E-state index is -0.765. The van der Waals surface area contributed by atoms with E-state index < -0.39 is 23.4 Å². The maximum atomic E-state index is 12.8. The molecule has 0 bridgehead atoms. The number of aromatic nitrogens is 3. The Morgan fingerprint density at radius 1 is 1.20 bits per heavy atom. The number of nitrogens with zero attached hydrogens (tertiary/aromatic N) is 4. The lowest BCUT2D eigenvalue weighted by molar-refractivity contribution is 0.0141. The van der Waals surface area contributed by atoms with Crippen LogP contribution in [-0.2, 0) is 11.3 Å². The maximum absolute atomic E-state index is 12.8. The first kappa shape index (κ1) is 29.7. The largest absolute Gasteiger partial charge is 0.481 e. The van der Waals surface area contributed by atoms with Crippen molar-refractivity contribution in [3.63, 3.8) is 0 Å². The number of carbonyl (C=O) groups is 2. The molecule has 0 aliphatic heterocycles. The Kier molecular flexibility index (Phi) is 8.74. The van der Waals surface area contributed by atoms with Crippen LogP contribution in [0.3, 0.4) is 0 Å². The van der Waals surface area contributed by atoms with E-state index in [2.05, 4.69) is 9.97 Å². The molecule has 1 N–H and O–H groups in total. The van der Waals surface area contributed by atoms with E-state index in [1.807, 2.05) is 18.2 Å². The van der Waals surface area contributed by atoms with Gasteiger partial charge in [-0.15, -0.1) is 0 Å². The van der Waals surface area contributed by atoms with Gasteiger partial charge in [0.1, 0.15) is 11.2 Å². The van der Waals surface area contributed by atoms with Gasteiger partial charge in [-0.3, -0.25) is 14.0 Å². The molecule has 0 fully saturated rings. The van der Waals surface area contributed by atoms with Crippen LogP contribution in [0.1, 0.15) is 43.6 Å². The van der Waals surface area contributed by atoms with Gasteiger partial charge >= 0.3 is 6.09 Å². The number of rotatable bonds is 8. The van der Waals surface area contributed by atoms with E-state index in [0.717, 1.165) is 5.56 Å². The number of halogens is 1. The van der Waals surface area contributed by atoms with Gasteiger partial charge in [0, 0.05) is 29.1 Å².